The summed E-state index contributed by atoms with van der Waals surface area (Å²) < 4.78 is 31.2. The van der Waals surface area contributed by atoms with E-state index in [4.69, 9.17) is 4.55 Å². The maximum atomic E-state index is 10.9. The van der Waals surface area contributed by atoms with Crippen LogP contribution in [0.2, 0.25) is 0 Å². The molecule has 0 bridgehead atoms. The van der Waals surface area contributed by atoms with Gasteiger partial charge in [-0.25, -0.2) is 0 Å². The summed E-state index contributed by atoms with van der Waals surface area (Å²) in [5, 5.41) is 16.2. The molecule has 0 aliphatic rings. The quantitative estimate of drug-likeness (QED) is 0.564. The molecule has 0 spiro atoms. The van der Waals surface area contributed by atoms with Crippen LogP contribution in [-0.2, 0) is 10.3 Å². The molecule has 9 heteroatoms. The molecule has 0 amide bonds. The molecular formula is C7H8N4O4S. The molecule has 0 unspecified atom stereocenters. The number of aromatic nitrogens is 3. The third-order valence-corrected chi connectivity index (χ3v) is 3.02. The minimum atomic E-state index is -4.32. The van der Waals surface area contributed by atoms with Gasteiger partial charge in [-0.15, -0.1) is 5.10 Å². The highest BCUT2D eigenvalue weighted by Crippen LogP contribution is 2.20. The molecular weight excluding hydrogens is 236 g/mol. The Balaban J connectivity index is 2.58. The number of fused-ring (bicyclic) bond motifs is 1. The van der Waals surface area contributed by atoms with Gasteiger partial charge >= 0.3 is 10.3 Å². The van der Waals surface area contributed by atoms with Gasteiger partial charge in [0.25, 0.3) is 0 Å². The predicted octanol–water partition coefficient (Wildman–Crippen LogP) is -0.0924. The second-order valence-electron chi connectivity index (χ2n) is 3.10. The Kier molecular flexibility index (Phi) is 2.21. The Bertz CT molecular complexity index is 635. The highest BCUT2D eigenvalue weighted by atomic mass is 32.2. The van der Waals surface area contributed by atoms with Gasteiger partial charge in [0.1, 0.15) is 11.0 Å². The van der Waals surface area contributed by atoms with Crippen LogP contribution in [0.15, 0.2) is 18.2 Å². The predicted molar refractivity (Wildman–Crippen MR) is 54.7 cm³/mol. The smallest absolute Gasteiger partial charge is 0.359 e. The van der Waals surface area contributed by atoms with Crippen LogP contribution >= 0.6 is 0 Å². The van der Waals surface area contributed by atoms with Crippen molar-refractivity contribution in [2.24, 2.45) is 0 Å². The molecule has 1 aromatic carbocycles. The van der Waals surface area contributed by atoms with Crippen LogP contribution in [-0.4, -0.2) is 40.4 Å². The Morgan fingerprint density at radius 1 is 1.44 bits per heavy atom. The zero-order chi connectivity index (χ0) is 11.9. The fourth-order valence-corrected chi connectivity index (χ4v) is 1.60. The summed E-state index contributed by atoms with van der Waals surface area (Å²) in [5.41, 5.74) is 0.843. The minimum Gasteiger partial charge on any atom is -0.410 e. The molecule has 1 aromatic heterocycles. The largest absolute Gasteiger partial charge is 0.410 e. The first-order valence-electron chi connectivity index (χ1n) is 4.15. The molecule has 0 atom stereocenters. The molecule has 0 aliphatic carbocycles. The summed E-state index contributed by atoms with van der Waals surface area (Å²) in [5.74, 6) is 0. The van der Waals surface area contributed by atoms with Crippen molar-refractivity contribution in [2.45, 2.75) is 0 Å². The normalized spacial score (nSPS) is 11.9. The van der Waals surface area contributed by atoms with Crippen LogP contribution < -0.4 is 4.31 Å². The van der Waals surface area contributed by atoms with E-state index in [1.807, 2.05) is 0 Å². The molecule has 1 heterocycles. The Morgan fingerprint density at radius 2 is 2.12 bits per heavy atom. The first-order chi connectivity index (χ1) is 7.39. The van der Waals surface area contributed by atoms with Crippen molar-refractivity contribution in [3.8, 4) is 0 Å². The van der Waals surface area contributed by atoms with E-state index in [-0.39, 0.29) is 11.2 Å². The first-order valence-corrected chi connectivity index (χ1v) is 5.55. The van der Waals surface area contributed by atoms with E-state index in [1.165, 1.54) is 25.2 Å². The molecule has 2 N–H and O–H groups in total. The van der Waals surface area contributed by atoms with Gasteiger partial charge in [-0.2, -0.15) is 8.42 Å². The van der Waals surface area contributed by atoms with E-state index in [1.54, 1.807) is 0 Å². The van der Waals surface area contributed by atoms with Gasteiger partial charge in [-0.1, -0.05) is 4.85 Å². The highest BCUT2D eigenvalue weighted by Gasteiger charge is 2.15. The lowest BCUT2D eigenvalue weighted by atomic mass is 10.3. The fraction of sp³-hybridized carbons (Fsp3) is 0.143. The number of anilines is 1. The lowest BCUT2D eigenvalue weighted by molar-refractivity contribution is 0.155. The third-order valence-electron chi connectivity index (χ3n) is 2.12. The summed E-state index contributed by atoms with van der Waals surface area (Å²) in [4.78, 5) is 0.524. The Morgan fingerprint density at radius 3 is 2.75 bits per heavy atom. The first kappa shape index (κ1) is 10.6. The van der Waals surface area contributed by atoms with Gasteiger partial charge in [-0.3, -0.25) is 8.86 Å². The van der Waals surface area contributed by atoms with E-state index in [2.05, 4.69) is 10.3 Å². The number of hydrogen-bond acceptors (Lipinski definition) is 5. The topological polar surface area (TPSA) is 109 Å². The second kappa shape index (κ2) is 3.32. The number of rotatable bonds is 2. The summed E-state index contributed by atoms with van der Waals surface area (Å²) in [7, 11) is -3.14. The van der Waals surface area contributed by atoms with Crippen molar-refractivity contribution in [3.05, 3.63) is 18.2 Å². The maximum absolute atomic E-state index is 10.9. The van der Waals surface area contributed by atoms with Crippen molar-refractivity contribution in [1.29, 1.82) is 0 Å². The number of hydrogen-bond donors (Lipinski definition) is 2. The van der Waals surface area contributed by atoms with Crippen LogP contribution in [0.5, 0.6) is 0 Å². The molecule has 86 valence electrons. The molecule has 0 aliphatic heterocycles. The van der Waals surface area contributed by atoms with Gasteiger partial charge < -0.3 is 5.21 Å². The van der Waals surface area contributed by atoms with Crippen molar-refractivity contribution < 1.29 is 18.2 Å². The van der Waals surface area contributed by atoms with Crippen LogP contribution in [0.25, 0.3) is 11.0 Å². The molecule has 0 radical (unpaired) electrons. The van der Waals surface area contributed by atoms with E-state index >= 15 is 0 Å². The lowest BCUT2D eigenvalue weighted by Gasteiger charge is -2.14. The summed E-state index contributed by atoms with van der Waals surface area (Å²) >= 11 is 0. The Labute approximate surface area is 90.5 Å². The molecule has 8 nitrogen and oxygen atoms in total. The average Bonchev–Trinajstić information content (AvgIpc) is 2.58. The van der Waals surface area contributed by atoms with Crippen molar-refractivity contribution in [2.75, 3.05) is 11.4 Å². The molecule has 0 fully saturated rings. The molecule has 0 saturated carbocycles. The lowest BCUT2D eigenvalue weighted by Crippen LogP contribution is -2.25. The zero-order valence-corrected chi connectivity index (χ0v) is 8.96. The summed E-state index contributed by atoms with van der Waals surface area (Å²) in [6, 6.07) is 4.25. The summed E-state index contributed by atoms with van der Waals surface area (Å²) in [6.07, 6.45) is 0. The van der Waals surface area contributed by atoms with Crippen LogP contribution in [0.3, 0.4) is 0 Å². The monoisotopic (exact) mass is 244 g/mol. The van der Waals surface area contributed by atoms with Crippen LogP contribution in [0.1, 0.15) is 0 Å². The van der Waals surface area contributed by atoms with Crippen LogP contribution in [0, 0.1) is 0 Å². The number of benzene rings is 1. The van der Waals surface area contributed by atoms with Crippen LogP contribution in [0.4, 0.5) is 5.69 Å². The molecule has 16 heavy (non-hydrogen) atoms. The average molecular weight is 244 g/mol. The van der Waals surface area contributed by atoms with Gasteiger partial charge in [0.05, 0.1) is 5.69 Å². The SMILES string of the molecule is CN(c1ccc2nnn(O)c2c1)S(=O)(=O)O. The van der Waals surface area contributed by atoms with Gasteiger partial charge in [0, 0.05) is 7.05 Å². The van der Waals surface area contributed by atoms with Gasteiger partial charge in [0.2, 0.25) is 0 Å². The number of nitrogens with zero attached hydrogens (tertiary/aromatic N) is 4. The van der Waals surface area contributed by atoms with Gasteiger partial charge in [0.15, 0.2) is 0 Å². The maximum Gasteiger partial charge on any atom is 0.359 e. The standard InChI is InChI=1S/C7H8N4O4S/c1-10(16(13,14)15)5-2-3-6-7(4-5)11(12)9-8-6/h2-4,12H,1H3,(H,13,14,15). The second-order valence-corrected chi connectivity index (χ2v) is 4.54. The van der Waals surface area contributed by atoms with Crippen molar-refractivity contribution in [3.63, 3.8) is 0 Å². The molecule has 2 rings (SSSR count). The zero-order valence-electron chi connectivity index (χ0n) is 8.14. The summed E-state index contributed by atoms with van der Waals surface area (Å²) in [6.45, 7) is 0. The van der Waals surface area contributed by atoms with Crippen molar-refractivity contribution in [1.82, 2.24) is 15.2 Å². The molecule has 2 aromatic rings. The Hall–Kier alpha value is -1.87. The fourth-order valence-electron chi connectivity index (χ4n) is 1.22. The van der Waals surface area contributed by atoms with Gasteiger partial charge in [-0.05, 0) is 23.4 Å². The van der Waals surface area contributed by atoms with E-state index in [9.17, 15) is 13.6 Å². The highest BCUT2D eigenvalue weighted by molar-refractivity contribution is 7.87. The minimum absolute atomic E-state index is 0.188. The van der Waals surface area contributed by atoms with E-state index < -0.39 is 10.3 Å². The van der Waals surface area contributed by atoms with E-state index in [0.717, 1.165) is 0 Å². The van der Waals surface area contributed by atoms with E-state index in [0.29, 0.717) is 14.7 Å². The molecule has 0 saturated heterocycles. The third kappa shape index (κ3) is 1.66. The van der Waals surface area contributed by atoms with Crippen molar-refractivity contribution >= 4 is 27.0 Å².